The SMILES string of the molecule is CCCCCCCCCCCCC/C=C/CC/C=C/C(O)C(CO)NC(=O)CC(O)CCCCCCCCCCCCCCCCCCCCCCCCCCCCCCC. The molecular weight excluding hydrogens is 751 g/mol. The Morgan fingerprint density at radius 2 is 0.705 bits per heavy atom. The summed E-state index contributed by atoms with van der Waals surface area (Å²) in [5.41, 5.74) is 0. The van der Waals surface area contributed by atoms with Gasteiger partial charge in [0.15, 0.2) is 0 Å². The van der Waals surface area contributed by atoms with Crippen LogP contribution in [0.2, 0.25) is 0 Å². The Labute approximate surface area is 382 Å². The highest BCUT2D eigenvalue weighted by Crippen LogP contribution is 2.18. The van der Waals surface area contributed by atoms with E-state index in [0.717, 1.165) is 32.1 Å². The predicted octanol–water partition coefficient (Wildman–Crippen LogP) is 16.9. The fourth-order valence-corrected chi connectivity index (χ4v) is 8.77. The Bertz CT molecular complexity index is 905. The van der Waals surface area contributed by atoms with Crippen molar-refractivity contribution in [3.63, 3.8) is 0 Å². The summed E-state index contributed by atoms with van der Waals surface area (Å²) in [5, 5.41) is 33.4. The van der Waals surface area contributed by atoms with Gasteiger partial charge in [0.25, 0.3) is 0 Å². The van der Waals surface area contributed by atoms with Crippen molar-refractivity contribution in [1.82, 2.24) is 5.32 Å². The molecule has 0 aromatic rings. The van der Waals surface area contributed by atoms with Crippen LogP contribution in [0.5, 0.6) is 0 Å². The van der Waals surface area contributed by atoms with Crippen molar-refractivity contribution in [3.8, 4) is 0 Å². The molecule has 0 rings (SSSR count). The highest BCUT2D eigenvalue weighted by Gasteiger charge is 2.20. The van der Waals surface area contributed by atoms with E-state index < -0.39 is 18.2 Å². The van der Waals surface area contributed by atoms with Gasteiger partial charge in [-0.15, -0.1) is 0 Å². The van der Waals surface area contributed by atoms with Crippen LogP contribution in [-0.2, 0) is 4.79 Å². The number of nitrogens with one attached hydrogen (secondary N) is 1. The van der Waals surface area contributed by atoms with Crippen LogP contribution >= 0.6 is 0 Å². The first-order chi connectivity index (χ1) is 30.0. The van der Waals surface area contributed by atoms with Gasteiger partial charge in [-0.1, -0.05) is 289 Å². The molecule has 0 radical (unpaired) electrons. The first-order valence-electron chi connectivity index (χ1n) is 27.6. The van der Waals surface area contributed by atoms with Crippen molar-refractivity contribution in [2.45, 2.75) is 321 Å². The Morgan fingerprint density at radius 1 is 0.410 bits per heavy atom. The van der Waals surface area contributed by atoms with Gasteiger partial charge in [-0.2, -0.15) is 0 Å². The molecule has 3 atom stereocenters. The van der Waals surface area contributed by atoms with Crippen LogP contribution in [0.3, 0.4) is 0 Å². The van der Waals surface area contributed by atoms with Gasteiger partial charge in [-0.3, -0.25) is 4.79 Å². The lowest BCUT2D eigenvalue weighted by atomic mass is 10.0. The zero-order valence-electron chi connectivity index (χ0n) is 41.3. The minimum atomic E-state index is -0.949. The molecular formula is C56H109NO4. The smallest absolute Gasteiger partial charge is 0.222 e. The minimum absolute atomic E-state index is 0.0103. The van der Waals surface area contributed by atoms with Crippen LogP contribution in [0.15, 0.2) is 24.3 Å². The quantitative estimate of drug-likeness (QED) is 0.0362. The highest BCUT2D eigenvalue weighted by molar-refractivity contribution is 5.76. The third-order valence-corrected chi connectivity index (χ3v) is 13.0. The number of amides is 1. The van der Waals surface area contributed by atoms with Gasteiger partial charge >= 0.3 is 0 Å². The number of carbonyl (C=O) groups is 1. The summed E-state index contributed by atoms with van der Waals surface area (Å²) >= 11 is 0. The summed E-state index contributed by atoms with van der Waals surface area (Å²) in [6.07, 6.45) is 65.1. The first-order valence-corrected chi connectivity index (χ1v) is 27.6. The molecule has 0 aliphatic rings. The van der Waals surface area contributed by atoms with Crippen molar-refractivity contribution < 1.29 is 20.1 Å². The summed E-state index contributed by atoms with van der Waals surface area (Å²) in [7, 11) is 0. The standard InChI is InChI=1S/C56H109NO4/c1-3-5-7-9-11-13-15-17-19-21-22-23-24-25-26-27-28-29-30-31-32-34-35-37-39-41-43-45-47-49-53(59)51-56(61)57-54(52-58)55(60)50-48-46-44-42-40-38-36-33-20-18-16-14-12-10-8-6-4-2/h40,42,48,50,53-55,58-60H,3-39,41,43-47,49,51-52H2,1-2H3,(H,57,61)/b42-40+,50-48+. The Morgan fingerprint density at radius 3 is 1.05 bits per heavy atom. The molecule has 1 amide bonds. The van der Waals surface area contributed by atoms with E-state index in [-0.39, 0.29) is 18.9 Å². The number of unbranched alkanes of at least 4 members (excludes halogenated alkanes) is 40. The average molecular weight is 860 g/mol. The summed E-state index contributed by atoms with van der Waals surface area (Å²) in [6.45, 7) is 4.23. The second-order valence-corrected chi connectivity index (χ2v) is 19.2. The lowest BCUT2D eigenvalue weighted by Crippen LogP contribution is -2.45. The summed E-state index contributed by atoms with van der Waals surface area (Å²) in [4.78, 5) is 12.5. The van der Waals surface area contributed by atoms with E-state index in [0.29, 0.717) is 6.42 Å². The van der Waals surface area contributed by atoms with Gasteiger partial charge in [0.1, 0.15) is 0 Å². The van der Waals surface area contributed by atoms with Crippen LogP contribution in [0.4, 0.5) is 0 Å². The Balaban J connectivity index is 3.53. The van der Waals surface area contributed by atoms with Crippen molar-refractivity contribution in [3.05, 3.63) is 24.3 Å². The molecule has 0 aliphatic carbocycles. The van der Waals surface area contributed by atoms with Crippen LogP contribution in [0, 0.1) is 0 Å². The molecule has 3 unspecified atom stereocenters. The Kier molecular flexibility index (Phi) is 50.5. The normalized spacial score (nSPS) is 13.5. The van der Waals surface area contributed by atoms with Gasteiger partial charge in [0.05, 0.1) is 31.3 Å². The van der Waals surface area contributed by atoms with E-state index in [1.165, 1.54) is 244 Å². The molecule has 0 spiro atoms. The number of hydrogen-bond donors (Lipinski definition) is 4. The zero-order chi connectivity index (χ0) is 44.4. The van der Waals surface area contributed by atoms with E-state index >= 15 is 0 Å². The lowest BCUT2D eigenvalue weighted by molar-refractivity contribution is -0.124. The van der Waals surface area contributed by atoms with Crippen LogP contribution in [-0.4, -0.2) is 46.1 Å². The third-order valence-electron chi connectivity index (χ3n) is 13.0. The fraction of sp³-hybridized carbons (Fsp3) is 0.911. The van der Waals surface area contributed by atoms with E-state index in [2.05, 4.69) is 31.3 Å². The van der Waals surface area contributed by atoms with Gasteiger partial charge in [-0.05, 0) is 32.1 Å². The number of aliphatic hydroxyl groups is 3. The Hall–Kier alpha value is -1.17. The van der Waals surface area contributed by atoms with Gasteiger partial charge in [-0.25, -0.2) is 0 Å². The molecule has 0 aliphatic heterocycles. The van der Waals surface area contributed by atoms with E-state index in [1.54, 1.807) is 6.08 Å². The second kappa shape index (κ2) is 51.5. The molecule has 362 valence electrons. The molecule has 0 saturated carbocycles. The number of rotatable bonds is 51. The summed E-state index contributed by atoms with van der Waals surface area (Å²) < 4.78 is 0. The zero-order valence-corrected chi connectivity index (χ0v) is 41.3. The van der Waals surface area contributed by atoms with Crippen LogP contribution < -0.4 is 5.32 Å². The van der Waals surface area contributed by atoms with E-state index in [1.807, 2.05) is 6.08 Å². The molecule has 61 heavy (non-hydrogen) atoms. The second-order valence-electron chi connectivity index (χ2n) is 19.2. The van der Waals surface area contributed by atoms with Gasteiger partial charge in [0.2, 0.25) is 5.91 Å². The fourth-order valence-electron chi connectivity index (χ4n) is 8.77. The van der Waals surface area contributed by atoms with Gasteiger partial charge in [0, 0.05) is 0 Å². The number of allylic oxidation sites excluding steroid dienone is 3. The lowest BCUT2D eigenvalue weighted by Gasteiger charge is -2.21. The molecule has 4 N–H and O–H groups in total. The molecule has 0 fully saturated rings. The molecule has 5 nitrogen and oxygen atoms in total. The van der Waals surface area contributed by atoms with E-state index in [4.69, 9.17) is 0 Å². The molecule has 5 heteroatoms. The van der Waals surface area contributed by atoms with Crippen molar-refractivity contribution >= 4 is 5.91 Å². The largest absolute Gasteiger partial charge is 0.394 e. The van der Waals surface area contributed by atoms with E-state index in [9.17, 15) is 20.1 Å². The topological polar surface area (TPSA) is 89.8 Å². The molecule has 0 aromatic carbocycles. The first kappa shape index (κ1) is 59.8. The molecule has 0 heterocycles. The summed E-state index contributed by atoms with van der Waals surface area (Å²) in [6, 6.07) is -0.758. The number of carbonyl (C=O) groups excluding carboxylic acids is 1. The molecule has 0 saturated heterocycles. The van der Waals surface area contributed by atoms with Crippen molar-refractivity contribution in [2.75, 3.05) is 6.61 Å². The molecule has 0 aromatic heterocycles. The third kappa shape index (κ3) is 48.1. The predicted molar refractivity (Wildman–Crippen MR) is 268 cm³/mol. The average Bonchev–Trinajstić information content (AvgIpc) is 3.25. The minimum Gasteiger partial charge on any atom is -0.394 e. The van der Waals surface area contributed by atoms with Crippen LogP contribution in [0.1, 0.15) is 303 Å². The number of aliphatic hydroxyl groups excluding tert-OH is 3. The van der Waals surface area contributed by atoms with Crippen LogP contribution in [0.25, 0.3) is 0 Å². The maximum absolute atomic E-state index is 12.5. The maximum Gasteiger partial charge on any atom is 0.222 e. The summed E-state index contributed by atoms with van der Waals surface area (Å²) in [5.74, 6) is -0.320. The number of hydrogen-bond acceptors (Lipinski definition) is 4. The molecule has 0 bridgehead atoms. The van der Waals surface area contributed by atoms with Gasteiger partial charge < -0.3 is 20.6 Å². The van der Waals surface area contributed by atoms with Crippen molar-refractivity contribution in [2.24, 2.45) is 0 Å². The maximum atomic E-state index is 12.5. The van der Waals surface area contributed by atoms with Crippen molar-refractivity contribution in [1.29, 1.82) is 0 Å². The monoisotopic (exact) mass is 860 g/mol. The highest BCUT2D eigenvalue weighted by atomic mass is 16.3.